The molecule has 0 saturated carbocycles. The number of hydrogen-bond acceptors (Lipinski definition) is 5. The van der Waals surface area contributed by atoms with Crippen LogP contribution in [0.4, 0.5) is 5.69 Å². The smallest absolute Gasteiger partial charge is 0.261 e. The van der Waals surface area contributed by atoms with Crippen molar-refractivity contribution in [3.8, 4) is 11.5 Å². The van der Waals surface area contributed by atoms with E-state index in [4.69, 9.17) is 9.47 Å². The molecule has 7 nitrogen and oxygen atoms in total. The molecule has 0 saturated heterocycles. The molecule has 0 unspecified atom stereocenters. The highest BCUT2D eigenvalue weighted by Gasteiger charge is 2.19. The second-order valence-electron chi connectivity index (χ2n) is 7.74. The van der Waals surface area contributed by atoms with E-state index in [1.165, 1.54) is 5.56 Å². The van der Waals surface area contributed by atoms with Crippen molar-refractivity contribution in [1.29, 1.82) is 0 Å². The van der Waals surface area contributed by atoms with Gasteiger partial charge in [-0.05, 0) is 66.8 Å². The average molecular weight is 450 g/mol. The summed E-state index contributed by atoms with van der Waals surface area (Å²) in [4.78, 5) is 4.78. The molecule has 4 aromatic rings. The molecule has 0 aliphatic heterocycles. The lowest BCUT2D eigenvalue weighted by atomic mass is 10.1. The van der Waals surface area contributed by atoms with Crippen LogP contribution in [0.15, 0.2) is 71.9 Å². The molecular weight excluding hydrogens is 426 g/mol. The Kier molecular flexibility index (Phi) is 5.22. The Morgan fingerprint density at radius 3 is 2.75 bits per heavy atom. The fourth-order valence-electron chi connectivity index (χ4n) is 3.99. The largest absolute Gasteiger partial charge is 0.493 e. The third-order valence-electron chi connectivity index (χ3n) is 5.59. The van der Waals surface area contributed by atoms with E-state index < -0.39 is 10.0 Å². The third-order valence-corrected chi connectivity index (χ3v) is 6.96. The molecule has 8 heteroatoms. The lowest BCUT2D eigenvalue weighted by Gasteiger charge is -2.14. The fraction of sp³-hybridized carbons (Fsp3) is 0.208. The van der Waals surface area contributed by atoms with Gasteiger partial charge in [0.2, 0.25) is 0 Å². The number of imidazole rings is 1. The van der Waals surface area contributed by atoms with Gasteiger partial charge in [0.05, 0.1) is 23.4 Å². The van der Waals surface area contributed by atoms with Crippen molar-refractivity contribution >= 4 is 21.4 Å². The Morgan fingerprint density at radius 2 is 1.91 bits per heavy atom. The average Bonchev–Trinajstić information content (AvgIpc) is 3.43. The van der Waals surface area contributed by atoms with E-state index >= 15 is 0 Å². The number of aromatic nitrogens is 2. The topological polar surface area (TPSA) is 81.9 Å². The molecule has 0 amide bonds. The van der Waals surface area contributed by atoms with Crippen molar-refractivity contribution in [2.75, 3.05) is 11.8 Å². The number of methoxy groups -OCH3 is 1. The predicted molar refractivity (Wildman–Crippen MR) is 122 cm³/mol. The van der Waals surface area contributed by atoms with E-state index in [9.17, 15) is 8.42 Å². The molecule has 1 aliphatic rings. The van der Waals surface area contributed by atoms with Crippen molar-refractivity contribution in [2.45, 2.75) is 30.8 Å². The molecule has 0 spiro atoms. The van der Waals surface area contributed by atoms with Gasteiger partial charge in [0, 0.05) is 18.5 Å². The van der Waals surface area contributed by atoms with Gasteiger partial charge in [-0.1, -0.05) is 12.1 Å². The third kappa shape index (κ3) is 4.01. The Morgan fingerprint density at radius 1 is 1.03 bits per heavy atom. The zero-order valence-electron chi connectivity index (χ0n) is 17.6. The Bertz CT molecular complexity index is 1360. The maximum atomic E-state index is 13.0. The van der Waals surface area contributed by atoms with Crippen LogP contribution in [0.2, 0.25) is 0 Å². The molecule has 0 radical (unpaired) electrons. The van der Waals surface area contributed by atoms with Crippen LogP contribution in [0.25, 0.3) is 5.65 Å². The first-order valence-electron chi connectivity index (χ1n) is 10.4. The first kappa shape index (κ1) is 20.4. The second-order valence-corrected chi connectivity index (χ2v) is 9.42. The molecule has 0 bridgehead atoms. The van der Waals surface area contributed by atoms with Gasteiger partial charge in [0.1, 0.15) is 12.3 Å². The number of nitrogens with one attached hydrogen (secondary N) is 1. The summed E-state index contributed by atoms with van der Waals surface area (Å²) in [6, 6.07) is 16.1. The van der Waals surface area contributed by atoms with Crippen molar-refractivity contribution in [3.05, 3.63) is 83.8 Å². The number of rotatable bonds is 7. The summed E-state index contributed by atoms with van der Waals surface area (Å²) in [6.45, 7) is 0.221. The normalized spacial score (nSPS) is 13.2. The zero-order valence-corrected chi connectivity index (χ0v) is 18.4. The van der Waals surface area contributed by atoms with Crippen LogP contribution in [0.3, 0.4) is 0 Å². The van der Waals surface area contributed by atoms with E-state index in [0.717, 1.165) is 36.2 Å². The SMILES string of the molecule is COc1ccc(NS(=O)(=O)c2ccc3c(c2)CCC3)cc1OCc1cn2ccccc2n1. The Hall–Kier alpha value is -3.52. The number of benzene rings is 2. The summed E-state index contributed by atoms with van der Waals surface area (Å²) in [5, 5.41) is 0. The number of fused-ring (bicyclic) bond motifs is 2. The van der Waals surface area contributed by atoms with E-state index in [0.29, 0.717) is 17.2 Å². The summed E-state index contributed by atoms with van der Waals surface area (Å²) < 4.78 is 41.8. The van der Waals surface area contributed by atoms with Gasteiger partial charge >= 0.3 is 0 Å². The quantitative estimate of drug-likeness (QED) is 0.457. The highest BCUT2D eigenvalue weighted by atomic mass is 32.2. The second kappa shape index (κ2) is 8.20. The molecule has 0 atom stereocenters. The lowest BCUT2D eigenvalue weighted by Crippen LogP contribution is -2.13. The van der Waals surface area contributed by atoms with Crippen LogP contribution >= 0.6 is 0 Å². The number of sulfonamides is 1. The number of nitrogens with zero attached hydrogens (tertiary/aromatic N) is 2. The maximum Gasteiger partial charge on any atom is 0.261 e. The van der Waals surface area contributed by atoms with Crippen LogP contribution in [-0.4, -0.2) is 24.9 Å². The Balaban J connectivity index is 1.36. The van der Waals surface area contributed by atoms with Gasteiger partial charge in [0.15, 0.2) is 11.5 Å². The maximum absolute atomic E-state index is 13.0. The highest BCUT2D eigenvalue weighted by Crippen LogP contribution is 2.32. The number of anilines is 1. The molecule has 2 aromatic carbocycles. The summed E-state index contributed by atoms with van der Waals surface area (Å²) >= 11 is 0. The number of pyridine rings is 1. The van der Waals surface area contributed by atoms with Crippen LogP contribution in [0.5, 0.6) is 11.5 Å². The Labute approximate surface area is 186 Å². The molecule has 1 aliphatic carbocycles. The van der Waals surface area contributed by atoms with Gasteiger partial charge in [-0.25, -0.2) is 13.4 Å². The molecule has 2 aromatic heterocycles. The van der Waals surface area contributed by atoms with Crippen molar-refractivity contribution in [3.63, 3.8) is 0 Å². The van der Waals surface area contributed by atoms with Crippen LogP contribution in [0, 0.1) is 0 Å². The van der Waals surface area contributed by atoms with Crippen molar-refractivity contribution < 1.29 is 17.9 Å². The molecule has 1 N–H and O–H groups in total. The zero-order chi connectivity index (χ0) is 22.1. The summed E-state index contributed by atoms with van der Waals surface area (Å²) in [7, 11) is -2.17. The van der Waals surface area contributed by atoms with E-state index in [-0.39, 0.29) is 11.5 Å². The molecular formula is C24H23N3O4S. The lowest BCUT2D eigenvalue weighted by molar-refractivity contribution is 0.281. The van der Waals surface area contributed by atoms with Gasteiger partial charge in [-0.15, -0.1) is 0 Å². The summed E-state index contributed by atoms with van der Waals surface area (Å²) in [5.41, 5.74) is 4.32. The minimum atomic E-state index is -3.72. The predicted octanol–water partition coefficient (Wildman–Crippen LogP) is 4.21. The fourth-order valence-corrected chi connectivity index (χ4v) is 5.09. The first-order chi connectivity index (χ1) is 15.5. The standard InChI is InChI=1S/C24H23N3O4S/c1-30-22-11-9-19(26-32(28,29)21-10-8-17-5-4-6-18(17)13-21)14-23(22)31-16-20-15-27-12-3-2-7-24(27)25-20/h2-3,7-15,26H,4-6,16H2,1H3. The van der Waals surface area contributed by atoms with Crippen LogP contribution in [0.1, 0.15) is 23.2 Å². The van der Waals surface area contributed by atoms with Crippen LogP contribution < -0.4 is 14.2 Å². The molecule has 164 valence electrons. The van der Waals surface area contributed by atoms with Crippen molar-refractivity contribution in [2.24, 2.45) is 0 Å². The monoisotopic (exact) mass is 449 g/mol. The van der Waals surface area contributed by atoms with Gasteiger partial charge in [-0.2, -0.15) is 0 Å². The molecule has 5 rings (SSSR count). The minimum absolute atomic E-state index is 0.221. The summed E-state index contributed by atoms with van der Waals surface area (Å²) in [6.07, 6.45) is 6.80. The van der Waals surface area contributed by atoms with Crippen molar-refractivity contribution in [1.82, 2.24) is 9.38 Å². The van der Waals surface area contributed by atoms with Crippen LogP contribution in [-0.2, 0) is 29.5 Å². The molecule has 2 heterocycles. The molecule has 32 heavy (non-hydrogen) atoms. The van der Waals surface area contributed by atoms with E-state index in [1.807, 2.05) is 41.1 Å². The van der Waals surface area contributed by atoms with E-state index in [2.05, 4.69) is 9.71 Å². The highest BCUT2D eigenvalue weighted by molar-refractivity contribution is 7.92. The minimum Gasteiger partial charge on any atom is -0.493 e. The number of aryl methyl sites for hydroxylation is 2. The molecule has 0 fully saturated rings. The van der Waals surface area contributed by atoms with Gasteiger partial charge in [0.25, 0.3) is 10.0 Å². The first-order valence-corrected chi connectivity index (χ1v) is 11.9. The summed E-state index contributed by atoms with van der Waals surface area (Å²) in [5.74, 6) is 0.938. The number of hydrogen-bond donors (Lipinski definition) is 1. The van der Waals surface area contributed by atoms with Gasteiger partial charge in [-0.3, -0.25) is 4.72 Å². The number of ether oxygens (including phenoxy) is 2. The van der Waals surface area contributed by atoms with Gasteiger partial charge < -0.3 is 13.9 Å². The van der Waals surface area contributed by atoms with E-state index in [1.54, 1.807) is 37.4 Å².